The van der Waals surface area contributed by atoms with E-state index in [2.05, 4.69) is 0 Å². The highest BCUT2D eigenvalue weighted by Crippen LogP contribution is 2.15. The second-order valence-electron chi connectivity index (χ2n) is 6.94. The second kappa shape index (κ2) is 10.5. The Hall–Kier alpha value is -2.82. The van der Waals surface area contributed by atoms with Gasteiger partial charge in [-0.3, -0.25) is 9.59 Å². The van der Waals surface area contributed by atoms with Gasteiger partial charge in [-0.2, -0.15) is 0 Å². The highest BCUT2D eigenvalue weighted by molar-refractivity contribution is 5.80. The van der Waals surface area contributed by atoms with Gasteiger partial charge in [0, 0.05) is 13.1 Å². The average Bonchev–Trinajstić information content (AvgIpc) is 2.70. The van der Waals surface area contributed by atoms with Gasteiger partial charge < -0.3 is 14.4 Å². The number of ether oxygens (including phenoxy) is 2. The van der Waals surface area contributed by atoms with Crippen molar-refractivity contribution in [3.05, 3.63) is 65.2 Å². The zero-order valence-electron chi connectivity index (χ0n) is 17.1. The zero-order valence-corrected chi connectivity index (χ0v) is 17.1. The highest BCUT2D eigenvalue weighted by Gasteiger charge is 2.22. The lowest BCUT2D eigenvalue weighted by atomic mass is 10.1. The van der Waals surface area contributed by atoms with E-state index in [4.69, 9.17) is 9.47 Å². The maximum Gasteiger partial charge on any atom is 0.310 e. The van der Waals surface area contributed by atoms with E-state index in [1.54, 1.807) is 11.8 Å². The molecule has 1 atom stereocenters. The summed E-state index contributed by atoms with van der Waals surface area (Å²) in [5.74, 6) is 0.0533. The van der Waals surface area contributed by atoms with Crippen molar-refractivity contribution in [2.24, 2.45) is 5.92 Å². The molecule has 0 bridgehead atoms. The van der Waals surface area contributed by atoms with Gasteiger partial charge >= 0.3 is 5.97 Å². The molecule has 0 heterocycles. The predicted octanol–water partition coefficient (Wildman–Crippen LogP) is 3.77. The van der Waals surface area contributed by atoms with E-state index in [0.717, 1.165) is 16.9 Å². The van der Waals surface area contributed by atoms with Gasteiger partial charge in [-0.15, -0.1) is 0 Å². The highest BCUT2D eigenvalue weighted by atomic mass is 16.5. The lowest BCUT2D eigenvalue weighted by molar-refractivity contribution is -0.146. The van der Waals surface area contributed by atoms with Gasteiger partial charge in [-0.05, 0) is 37.1 Å². The first-order chi connectivity index (χ1) is 13.4. The van der Waals surface area contributed by atoms with Gasteiger partial charge in [0.25, 0.3) is 0 Å². The van der Waals surface area contributed by atoms with Crippen LogP contribution in [0.15, 0.2) is 48.5 Å². The van der Waals surface area contributed by atoms with E-state index in [-0.39, 0.29) is 24.2 Å². The lowest BCUT2D eigenvalue weighted by Crippen LogP contribution is -2.37. The van der Waals surface area contributed by atoms with Crippen LogP contribution < -0.4 is 4.74 Å². The van der Waals surface area contributed by atoms with Crippen LogP contribution in [-0.4, -0.2) is 37.0 Å². The summed E-state index contributed by atoms with van der Waals surface area (Å²) in [5, 5.41) is 0. The molecule has 2 aromatic rings. The van der Waals surface area contributed by atoms with E-state index in [1.165, 1.54) is 12.7 Å². The average molecular weight is 383 g/mol. The third kappa shape index (κ3) is 6.41. The van der Waals surface area contributed by atoms with Gasteiger partial charge in [0.15, 0.2) is 0 Å². The molecule has 0 aliphatic heterocycles. The van der Waals surface area contributed by atoms with Crippen molar-refractivity contribution in [3.8, 4) is 5.75 Å². The van der Waals surface area contributed by atoms with Crippen LogP contribution in [0.1, 0.15) is 30.5 Å². The number of methoxy groups -OCH3 is 1. The number of benzene rings is 2. The molecule has 0 radical (unpaired) electrons. The van der Waals surface area contributed by atoms with Gasteiger partial charge in [0.05, 0.1) is 26.1 Å². The standard InChI is InChI=1S/C23H29NO4/c1-5-28-21-12-10-19(11-13-21)14-22(25)24(15-18(3)23(26)27-4)16-20-8-6-17(2)7-9-20/h6-13,18H,5,14-16H2,1-4H3. The van der Waals surface area contributed by atoms with Crippen LogP contribution in [0, 0.1) is 12.8 Å². The molecule has 0 fully saturated rings. The summed E-state index contributed by atoms with van der Waals surface area (Å²) < 4.78 is 10.3. The van der Waals surface area contributed by atoms with Crippen molar-refractivity contribution in [1.82, 2.24) is 4.90 Å². The Labute approximate surface area is 167 Å². The van der Waals surface area contributed by atoms with E-state index >= 15 is 0 Å². The number of esters is 1. The van der Waals surface area contributed by atoms with Crippen molar-refractivity contribution < 1.29 is 19.1 Å². The van der Waals surface area contributed by atoms with E-state index in [0.29, 0.717) is 19.7 Å². The molecule has 0 N–H and O–H groups in total. The van der Waals surface area contributed by atoms with E-state index in [1.807, 2.05) is 62.4 Å². The normalized spacial score (nSPS) is 11.6. The van der Waals surface area contributed by atoms with Crippen LogP contribution in [0.5, 0.6) is 5.75 Å². The monoisotopic (exact) mass is 383 g/mol. The molecule has 0 saturated heterocycles. The fourth-order valence-corrected chi connectivity index (χ4v) is 2.93. The number of hydrogen-bond donors (Lipinski definition) is 0. The summed E-state index contributed by atoms with van der Waals surface area (Å²) in [7, 11) is 1.37. The topological polar surface area (TPSA) is 55.8 Å². The maximum atomic E-state index is 13.0. The van der Waals surface area contributed by atoms with Crippen molar-refractivity contribution in [2.75, 3.05) is 20.3 Å². The Kier molecular flexibility index (Phi) is 8.05. The molecule has 28 heavy (non-hydrogen) atoms. The molecule has 150 valence electrons. The molecule has 1 amide bonds. The van der Waals surface area contributed by atoms with Gasteiger partial charge in [0.2, 0.25) is 5.91 Å². The van der Waals surface area contributed by atoms with Crippen molar-refractivity contribution in [3.63, 3.8) is 0 Å². The summed E-state index contributed by atoms with van der Waals surface area (Å²) in [5.41, 5.74) is 3.11. The number of hydrogen-bond acceptors (Lipinski definition) is 4. The summed E-state index contributed by atoms with van der Waals surface area (Å²) in [6.07, 6.45) is 0.270. The quantitative estimate of drug-likeness (QED) is 0.619. The van der Waals surface area contributed by atoms with Crippen LogP contribution >= 0.6 is 0 Å². The number of aryl methyl sites for hydroxylation is 1. The number of amides is 1. The van der Waals surface area contributed by atoms with Crippen molar-refractivity contribution in [1.29, 1.82) is 0 Å². The number of rotatable bonds is 9. The van der Waals surface area contributed by atoms with Crippen LogP contribution in [-0.2, 0) is 27.3 Å². The minimum absolute atomic E-state index is 0.0273. The van der Waals surface area contributed by atoms with Gasteiger partial charge in [-0.25, -0.2) is 0 Å². The minimum Gasteiger partial charge on any atom is -0.494 e. The van der Waals surface area contributed by atoms with Crippen LogP contribution in [0.25, 0.3) is 0 Å². The minimum atomic E-state index is -0.389. The Balaban J connectivity index is 2.12. The molecule has 0 saturated carbocycles. The number of carbonyl (C=O) groups excluding carboxylic acids is 2. The van der Waals surface area contributed by atoms with Crippen LogP contribution in [0.3, 0.4) is 0 Å². The SMILES string of the molecule is CCOc1ccc(CC(=O)N(Cc2ccc(C)cc2)CC(C)C(=O)OC)cc1. The zero-order chi connectivity index (χ0) is 20.5. The Morgan fingerprint density at radius 1 is 1.00 bits per heavy atom. The molecule has 0 aromatic heterocycles. The first-order valence-corrected chi connectivity index (χ1v) is 9.55. The summed E-state index contributed by atoms with van der Waals surface area (Å²) in [6, 6.07) is 15.6. The summed E-state index contributed by atoms with van der Waals surface area (Å²) >= 11 is 0. The van der Waals surface area contributed by atoms with Crippen LogP contribution in [0.4, 0.5) is 0 Å². The van der Waals surface area contributed by atoms with Crippen molar-refractivity contribution in [2.45, 2.75) is 33.7 Å². The van der Waals surface area contributed by atoms with E-state index in [9.17, 15) is 9.59 Å². The third-order valence-electron chi connectivity index (χ3n) is 4.53. The molecular formula is C23H29NO4. The lowest BCUT2D eigenvalue weighted by Gasteiger charge is -2.25. The Morgan fingerprint density at radius 3 is 2.18 bits per heavy atom. The molecule has 2 rings (SSSR count). The van der Waals surface area contributed by atoms with Gasteiger partial charge in [0.1, 0.15) is 5.75 Å². The van der Waals surface area contributed by atoms with Crippen LogP contribution in [0.2, 0.25) is 0 Å². The Bertz CT molecular complexity index is 768. The first kappa shape index (κ1) is 21.5. The molecule has 0 spiro atoms. The number of carbonyl (C=O) groups is 2. The third-order valence-corrected chi connectivity index (χ3v) is 4.53. The molecule has 0 aliphatic carbocycles. The number of nitrogens with zero attached hydrogens (tertiary/aromatic N) is 1. The van der Waals surface area contributed by atoms with E-state index < -0.39 is 0 Å². The molecule has 1 unspecified atom stereocenters. The fraction of sp³-hybridized carbons (Fsp3) is 0.391. The molecule has 5 heteroatoms. The molecule has 5 nitrogen and oxygen atoms in total. The largest absolute Gasteiger partial charge is 0.494 e. The predicted molar refractivity (Wildman–Crippen MR) is 109 cm³/mol. The summed E-state index contributed by atoms with van der Waals surface area (Å²) in [4.78, 5) is 26.6. The fourth-order valence-electron chi connectivity index (χ4n) is 2.93. The molecular weight excluding hydrogens is 354 g/mol. The summed E-state index contributed by atoms with van der Waals surface area (Å²) in [6.45, 7) is 7.11. The maximum absolute atomic E-state index is 13.0. The van der Waals surface area contributed by atoms with Gasteiger partial charge in [-0.1, -0.05) is 48.9 Å². The first-order valence-electron chi connectivity index (χ1n) is 9.55. The molecule has 2 aromatic carbocycles. The van der Waals surface area contributed by atoms with Crippen molar-refractivity contribution >= 4 is 11.9 Å². The smallest absolute Gasteiger partial charge is 0.310 e. The Morgan fingerprint density at radius 2 is 1.61 bits per heavy atom. The second-order valence-corrected chi connectivity index (χ2v) is 6.94. The molecule has 0 aliphatic rings.